The molecule has 1 rings (SSSR count). The highest BCUT2D eigenvalue weighted by molar-refractivity contribution is 6.00. The number of carbonyl (C=O) groups excluding carboxylic acids is 3. The molecule has 0 aliphatic carbocycles. The van der Waals surface area contributed by atoms with Crippen molar-refractivity contribution in [1.29, 1.82) is 0 Å². The van der Waals surface area contributed by atoms with Crippen LogP contribution in [0.3, 0.4) is 0 Å². The lowest BCUT2D eigenvalue weighted by Crippen LogP contribution is -2.28. The van der Waals surface area contributed by atoms with E-state index in [4.69, 9.17) is 5.73 Å². The van der Waals surface area contributed by atoms with Gasteiger partial charge < -0.3 is 16.0 Å². The molecule has 0 aliphatic rings. The molecular formula is C26H39FN4O3. The SMILES string of the molecule is C/C=C\N(CCC(=O)[C@@H](C)CCCN)/C(C)=N/CC(=O)c1ccc(NC(=O)CC(C)C)c(F)c1. The lowest BCUT2D eigenvalue weighted by Gasteiger charge is -2.20. The van der Waals surface area contributed by atoms with Gasteiger partial charge in [0.05, 0.1) is 5.69 Å². The van der Waals surface area contributed by atoms with Crippen LogP contribution in [0.4, 0.5) is 10.1 Å². The first-order valence-electron chi connectivity index (χ1n) is 11.8. The molecule has 1 aromatic carbocycles. The number of nitrogens with zero attached hydrogens (tertiary/aromatic N) is 2. The largest absolute Gasteiger partial charge is 0.337 e. The zero-order valence-corrected chi connectivity index (χ0v) is 21.1. The van der Waals surface area contributed by atoms with Gasteiger partial charge in [0, 0.05) is 37.1 Å². The Morgan fingerprint density at radius 2 is 1.94 bits per heavy atom. The molecule has 0 aliphatic heterocycles. The quantitative estimate of drug-likeness (QED) is 0.233. The number of Topliss-reactive ketones (excluding diaryl/α,β-unsaturated/α-hetero) is 2. The van der Waals surface area contributed by atoms with Crippen LogP contribution in [0.1, 0.15) is 70.7 Å². The number of hydrogen-bond donors (Lipinski definition) is 2. The summed E-state index contributed by atoms with van der Waals surface area (Å²) < 4.78 is 14.4. The molecule has 0 heterocycles. The van der Waals surface area contributed by atoms with Crippen LogP contribution in [0.2, 0.25) is 0 Å². The van der Waals surface area contributed by atoms with E-state index < -0.39 is 5.82 Å². The Morgan fingerprint density at radius 3 is 2.53 bits per heavy atom. The molecule has 1 atom stereocenters. The Labute approximate surface area is 202 Å². The number of hydrogen-bond acceptors (Lipinski definition) is 5. The van der Waals surface area contributed by atoms with E-state index in [-0.39, 0.29) is 53.5 Å². The fourth-order valence-corrected chi connectivity index (χ4v) is 3.32. The number of allylic oxidation sites excluding steroid dienone is 1. The van der Waals surface area contributed by atoms with Crippen molar-refractivity contribution in [3.63, 3.8) is 0 Å². The number of halogens is 1. The fourth-order valence-electron chi connectivity index (χ4n) is 3.32. The van der Waals surface area contributed by atoms with Crippen LogP contribution in [0.5, 0.6) is 0 Å². The number of nitrogens with two attached hydrogens (primary N) is 1. The predicted octanol–water partition coefficient (Wildman–Crippen LogP) is 4.58. The van der Waals surface area contributed by atoms with Gasteiger partial charge in [-0.2, -0.15) is 0 Å². The normalized spacial score (nSPS) is 12.8. The molecule has 0 unspecified atom stereocenters. The first-order valence-corrected chi connectivity index (χ1v) is 11.8. The Hall–Kier alpha value is -2.87. The number of amidine groups is 1. The van der Waals surface area contributed by atoms with Gasteiger partial charge in [0.15, 0.2) is 5.78 Å². The predicted molar refractivity (Wildman–Crippen MR) is 135 cm³/mol. The summed E-state index contributed by atoms with van der Waals surface area (Å²) in [6.45, 7) is 10.2. The van der Waals surface area contributed by atoms with Crippen LogP contribution in [-0.4, -0.2) is 47.8 Å². The molecule has 3 N–H and O–H groups in total. The average molecular weight is 475 g/mol. The molecule has 188 valence electrons. The topological polar surface area (TPSA) is 105 Å². The summed E-state index contributed by atoms with van der Waals surface area (Å²) >= 11 is 0. The summed E-state index contributed by atoms with van der Waals surface area (Å²) in [4.78, 5) is 43.0. The molecule has 0 radical (unpaired) electrons. The van der Waals surface area contributed by atoms with Gasteiger partial charge in [-0.1, -0.05) is 26.8 Å². The summed E-state index contributed by atoms with van der Waals surface area (Å²) in [5, 5.41) is 2.53. The monoisotopic (exact) mass is 474 g/mol. The Balaban J connectivity index is 2.75. The van der Waals surface area contributed by atoms with Crippen molar-refractivity contribution in [3.8, 4) is 0 Å². The van der Waals surface area contributed by atoms with E-state index in [0.29, 0.717) is 25.3 Å². The molecule has 0 fully saturated rings. The van der Waals surface area contributed by atoms with Gasteiger partial charge in [0.2, 0.25) is 5.91 Å². The third-order valence-electron chi connectivity index (χ3n) is 5.34. The maximum atomic E-state index is 14.4. The standard InChI is InChI=1S/C26H39FN4O3/c1-6-13-31(14-11-24(32)19(4)8-7-12-28)20(5)29-17-25(33)21-9-10-23(22(27)16-21)30-26(34)15-18(2)3/h6,9-10,13,16,18-19H,7-8,11-12,14-15,17,28H2,1-5H3,(H,30,34)/b13-6-,29-20+/t19-/m0/s1. The van der Waals surface area contributed by atoms with Crippen LogP contribution < -0.4 is 11.1 Å². The number of anilines is 1. The molecule has 0 spiro atoms. The van der Waals surface area contributed by atoms with Gasteiger partial charge in [-0.3, -0.25) is 19.4 Å². The third kappa shape index (κ3) is 10.4. The Bertz CT molecular complexity index is 896. The number of ketones is 2. The van der Waals surface area contributed by atoms with E-state index in [1.54, 1.807) is 6.92 Å². The third-order valence-corrected chi connectivity index (χ3v) is 5.34. The summed E-state index contributed by atoms with van der Waals surface area (Å²) in [7, 11) is 0. The molecule has 0 saturated carbocycles. The molecule has 7 nitrogen and oxygen atoms in total. The van der Waals surface area contributed by atoms with Crippen LogP contribution >= 0.6 is 0 Å². The van der Waals surface area contributed by atoms with E-state index >= 15 is 0 Å². The van der Waals surface area contributed by atoms with Crippen molar-refractivity contribution in [3.05, 3.63) is 41.9 Å². The van der Waals surface area contributed by atoms with Crippen LogP contribution in [0, 0.1) is 17.7 Å². The molecule has 0 aromatic heterocycles. The van der Waals surface area contributed by atoms with Gasteiger partial charge in [0.1, 0.15) is 24.0 Å². The van der Waals surface area contributed by atoms with Crippen molar-refractivity contribution < 1.29 is 18.8 Å². The average Bonchev–Trinajstić information content (AvgIpc) is 2.78. The number of carbonyl (C=O) groups is 3. The summed E-state index contributed by atoms with van der Waals surface area (Å²) in [6.07, 6.45) is 5.90. The summed E-state index contributed by atoms with van der Waals surface area (Å²) in [5.74, 6) is -0.404. The zero-order valence-electron chi connectivity index (χ0n) is 21.1. The fraction of sp³-hybridized carbons (Fsp3) is 0.538. The van der Waals surface area contributed by atoms with Crippen molar-refractivity contribution in [2.24, 2.45) is 22.6 Å². The van der Waals surface area contributed by atoms with E-state index in [2.05, 4.69) is 10.3 Å². The number of aliphatic imine (C=N–C) groups is 1. The van der Waals surface area contributed by atoms with E-state index in [0.717, 1.165) is 18.9 Å². The smallest absolute Gasteiger partial charge is 0.224 e. The molecule has 8 heteroatoms. The Kier molecular flexibility index (Phi) is 13.0. The second-order valence-electron chi connectivity index (χ2n) is 8.85. The highest BCUT2D eigenvalue weighted by Crippen LogP contribution is 2.17. The van der Waals surface area contributed by atoms with Gasteiger partial charge >= 0.3 is 0 Å². The maximum absolute atomic E-state index is 14.4. The van der Waals surface area contributed by atoms with Crippen LogP contribution in [0.15, 0.2) is 35.5 Å². The molecule has 0 saturated heterocycles. The molecule has 0 bridgehead atoms. The lowest BCUT2D eigenvalue weighted by atomic mass is 9.98. The second kappa shape index (κ2) is 15.1. The van der Waals surface area contributed by atoms with Gasteiger partial charge in [0.25, 0.3) is 0 Å². The summed E-state index contributed by atoms with van der Waals surface area (Å²) in [5.41, 5.74) is 5.74. The highest BCUT2D eigenvalue weighted by Gasteiger charge is 2.15. The zero-order chi connectivity index (χ0) is 25.7. The minimum atomic E-state index is -0.665. The Morgan fingerprint density at radius 1 is 1.24 bits per heavy atom. The minimum Gasteiger partial charge on any atom is -0.337 e. The van der Waals surface area contributed by atoms with Gasteiger partial charge in [-0.15, -0.1) is 0 Å². The molecule has 1 aromatic rings. The number of nitrogens with one attached hydrogen (secondary N) is 1. The second-order valence-corrected chi connectivity index (χ2v) is 8.85. The first kappa shape index (κ1) is 29.2. The van der Waals surface area contributed by atoms with E-state index in [1.165, 1.54) is 12.1 Å². The molecular weight excluding hydrogens is 435 g/mol. The number of benzene rings is 1. The van der Waals surface area contributed by atoms with Crippen molar-refractivity contribution in [1.82, 2.24) is 4.90 Å². The van der Waals surface area contributed by atoms with Crippen molar-refractivity contribution in [2.75, 3.05) is 25.0 Å². The van der Waals surface area contributed by atoms with Crippen molar-refractivity contribution in [2.45, 2.75) is 60.3 Å². The highest BCUT2D eigenvalue weighted by atomic mass is 19.1. The van der Waals surface area contributed by atoms with Crippen molar-refractivity contribution >= 4 is 29.0 Å². The minimum absolute atomic E-state index is 0.0390. The molecule has 34 heavy (non-hydrogen) atoms. The summed E-state index contributed by atoms with van der Waals surface area (Å²) in [6, 6.07) is 3.98. The van der Waals surface area contributed by atoms with Gasteiger partial charge in [-0.05, 0) is 57.4 Å². The molecule has 1 amide bonds. The van der Waals surface area contributed by atoms with E-state index in [1.807, 2.05) is 44.9 Å². The number of amides is 1. The van der Waals surface area contributed by atoms with Crippen LogP contribution in [-0.2, 0) is 9.59 Å². The first-order chi connectivity index (χ1) is 16.1. The lowest BCUT2D eigenvalue weighted by molar-refractivity contribution is -0.122. The number of rotatable bonds is 14. The van der Waals surface area contributed by atoms with E-state index in [9.17, 15) is 18.8 Å². The van der Waals surface area contributed by atoms with Crippen LogP contribution in [0.25, 0.3) is 0 Å². The maximum Gasteiger partial charge on any atom is 0.224 e. The van der Waals surface area contributed by atoms with Gasteiger partial charge in [-0.25, -0.2) is 4.39 Å².